The number of hydrogen-bond donors (Lipinski definition) is 0. The first kappa shape index (κ1) is 24.3. The molecule has 12 heteroatoms. The van der Waals surface area contributed by atoms with Gasteiger partial charge in [-0.1, -0.05) is 0 Å². The molecule has 0 spiro atoms. The summed E-state index contributed by atoms with van der Waals surface area (Å²) in [7, 11) is 4.86. The Morgan fingerprint density at radius 3 is 2.47 bits per heavy atom. The van der Waals surface area contributed by atoms with Crippen LogP contribution >= 0.6 is 0 Å². The number of halogens is 3. The topological polar surface area (TPSA) is 83.1 Å². The van der Waals surface area contributed by atoms with Crippen molar-refractivity contribution in [2.24, 2.45) is 7.05 Å². The molecule has 2 aliphatic rings. The van der Waals surface area contributed by atoms with Crippen molar-refractivity contribution in [3.8, 4) is 28.5 Å². The highest BCUT2D eigenvalue weighted by Crippen LogP contribution is 2.46. The molecule has 0 bridgehead atoms. The summed E-state index contributed by atoms with van der Waals surface area (Å²) < 4.78 is 48.1. The van der Waals surface area contributed by atoms with Crippen LogP contribution in [0.4, 0.5) is 18.9 Å². The molecule has 0 N–H and O–H groups in total. The summed E-state index contributed by atoms with van der Waals surface area (Å²) in [6.45, 7) is 1.39. The number of hydrogen-bond acceptors (Lipinski definition) is 7. The minimum absolute atomic E-state index is 0.0885. The SMILES string of the molecule is COc1ncnc(C2CC2)c1-c1nn(C)c2c1CN(c1ccc(-c3nc(C(F)(F)F)cn3OC)cc1)CC2. The molecule has 4 aromatic rings. The zero-order valence-corrected chi connectivity index (χ0v) is 21.2. The summed E-state index contributed by atoms with van der Waals surface area (Å²) in [6.07, 6.45) is 0.803. The lowest BCUT2D eigenvalue weighted by Gasteiger charge is -2.30. The molecule has 0 amide bonds. The number of imidazole rings is 1. The number of rotatable bonds is 6. The van der Waals surface area contributed by atoms with Crippen LogP contribution < -0.4 is 14.5 Å². The molecule has 4 heterocycles. The maximum Gasteiger partial charge on any atom is 0.435 e. The molecule has 38 heavy (non-hydrogen) atoms. The molecule has 1 saturated carbocycles. The molecule has 1 aromatic carbocycles. The molecule has 0 radical (unpaired) electrons. The summed E-state index contributed by atoms with van der Waals surface area (Å²) in [5.41, 5.74) is 5.39. The van der Waals surface area contributed by atoms with Crippen LogP contribution in [0, 0.1) is 0 Å². The number of nitrogens with zero attached hydrogens (tertiary/aromatic N) is 7. The van der Waals surface area contributed by atoms with Crippen LogP contribution in [-0.4, -0.2) is 50.2 Å². The maximum absolute atomic E-state index is 13.2. The molecule has 1 aliphatic heterocycles. The molecule has 0 saturated heterocycles. The number of anilines is 1. The Bertz CT molecular complexity index is 1490. The number of alkyl halides is 3. The van der Waals surface area contributed by atoms with Gasteiger partial charge in [-0.2, -0.15) is 23.0 Å². The fraction of sp³-hybridized carbons (Fsp3) is 0.385. The molecular formula is C26H26F3N7O2. The van der Waals surface area contributed by atoms with Crippen LogP contribution in [0.15, 0.2) is 36.8 Å². The molecule has 9 nitrogen and oxygen atoms in total. The standard InChI is InChI=1S/C26H26F3N7O2/c1-34-19-10-11-35(12-18(19)23(33-34)21-22(15-4-5-15)30-14-31-25(21)37-2)17-8-6-16(7-9-17)24-32-20(26(27,28)29)13-36(24)38-3/h6-9,13-15H,4-5,10-12H2,1-3H3. The van der Waals surface area contributed by atoms with Crippen LogP contribution in [0.3, 0.4) is 0 Å². The van der Waals surface area contributed by atoms with Crippen molar-refractivity contribution < 1.29 is 22.7 Å². The van der Waals surface area contributed by atoms with Gasteiger partial charge in [0, 0.05) is 55.0 Å². The highest BCUT2D eigenvalue weighted by atomic mass is 19.4. The monoisotopic (exact) mass is 525 g/mol. The zero-order valence-electron chi connectivity index (χ0n) is 21.2. The van der Waals surface area contributed by atoms with Gasteiger partial charge in [-0.15, -0.1) is 0 Å². The quantitative estimate of drug-likeness (QED) is 0.372. The van der Waals surface area contributed by atoms with Gasteiger partial charge in [0.1, 0.15) is 19.1 Å². The van der Waals surface area contributed by atoms with Crippen molar-refractivity contribution in [2.75, 3.05) is 25.7 Å². The predicted molar refractivity (Wildman–Crippen MR) is 133 cm³/mol. The van der Waals surface area contributed by atoms with Gasteiger partial charge < -0.3 is 14.5 Å². The molecule has 3 aromatic heterocycles. The third-order valence-electron chi connectivity index (χ3n) is 7.13. The third kappa shape index (κ3) is 4.13. The van der Waals surface area contributed by atoms with Crippen molar-refractivity contribution in [3.05, 3.63) is 59.4 Å². The number of ether oxygens (including phenoxy) is 1. The van der Waals surface area contributed by atoms with Gasteiger partial charge in [0.05, 0.1) is 24.6 Å². The van der Waals surface area contributed by atoms with E-state index < -0.39 is 11.9 Å². The first-order valence-electron chi connectivity index (χ1n) is 12.3. The average Bonchev–Trinajstić information content (AvgIpc) is 3.59. The smallest absolute Gasteiger partial charge is 0.435 e. The second kappa shape index (κ2) is 9.03. The van der Waals surface area contributed by atoms with Gasteiger partial charge in [-0.3, -0.25) is 4.68 Å². The average molecular weight is 526 g/mol. The number of aromatic nitrogens is 6. The minimum atomic E-state index is -4.56. The number of fused-ring (bicyclic) bond motifs is 1. The van der Waals surface area contributed by atoms with E-state index in [4.69, 9.17) is 14.7 Å². The minimum Gasteiger partial charge on any atom is -0.480 e. The Labute approximate surface area is 216 Å². The molecule has 1 fully saturated rings. The second-order valence-corrected chi connectivity index (χ2v) is 9.49. The Morgan fingerprint density at radius 1 is 1.05 bits per heavy atom. The summed E-state index contributed by atoms with van der Waals surface area (Å²) in [5.74, 6) is 1.01. The van der Waals surface area contributed by atoms with E-state index in [1.807, 2.05) is 23.9 Å². The Morgan fingerprint density at radius 2 is 1.82 bits per heavy atom. The fourth-order valence-electron chi connectivity index (χ4n) is 5.09. The number of benzene rings is 1. The Balaban J connectivity index is 1.32. The Hall–Kier alpha value is -4.09. The van der Waals surface area contributed by atoms with Crippen LogP contribution in [-0.2, 0) is 26.2 Å². The van der Waals surface area contributed by atoms with E-state index >= 15 is 0 Å². The van der Waals surface area contributed by atoms with E-state index in [9.17, 15) is 13.2 Å². The second-order valence-electron chi connectivity index (χ2n) is 9.49. The maximum atomic E-state index is 13.2. The van der Waals surface area contributed by atoms with E-state index in [-0.39, 0.29) is 5.82 Å². The van der Waals surface area contributed by atoms with Crippen LogP contribution in [0.2, 0.25) is 0 Å². The fourth-order valence-corrected chi connectivity index (χ4v) is 5.09. The van der Waals surface area contributed by atoms with Crippen LogP contribution in [0.5, 0.6) is 5.88 Å². The molecule has 6 rings (SSSR count). The van der Waals surface area contributed by atoms with Crippen LogP contribution in [0.25, 0.3) is 22.6 Å². The predicted octanol–water partition coefficient (Wildman–Crippen LogP) is 4.27. The van der Waals surface area contributed by atoms with Gasteiger partial charge in [-0.05, 0) is 37.1 Å². The summed E-state index contributed by atoms with van der Waals surface area (Å²) in [5, 5.41) is 4.88. The molecule has 1 aliphatic carbocycles. The van der Waals surface area contributed by atoms with Gasteiger partial charge >= 0.3 is 6.18 Å². The van der Waals surface area contributed by atoms with Crippen molar-refractivity contribution in [2.45, 2.75) is 37.9 Å². The van der Waals surface area contributed by atoms with Crippen molar-refractivity contribution in [1.29, 1.82) is 0 Å². The van der Waals surface area contributed by atoms with E-state index in [1.165, 1.54) is 7.11 Å². The van der Waals surface area contributed by atoms with Gasteiger partial charge in [-0.25, -0.2) is 15.0 Å². The normalized spacial score (nSPS) is 15.5. The zero-order chi connectivity index (χ0) is 26.6. The molecule has 198 valence electrons. The largest absolute Gasteiger partial charge is 0.480 e. The number of aryl methyl sites for hydroxylation is 1. The molecule has 0 unspecified atom stereocenters. The first-order chi connectivity index (χ1) is 18.3. The highest BCUT2D eigenvalue weighted by Gasteiger charge is 2.36. The van der Waals surface area contributed by atoms with Crippen molar-refractivity contribution >= 4 is 5.69 Å². The van der Waals surface area contributed by atoms with Crippen molar-refractivity contribution in [1.82, 2.24) is 29.5 Å². The van der Waals surface area contributed by atoms with Gasteiger partial charge in [0.15, 0.2) is 11.5 Å². The molecule has 0 atom stereocenters. The summed E-state index contributed by atoms with van der Waals surface area (Å²) >= 11 is 0. The highest BCUT2D eigenvalue weighted by molar-refractivity contribution is 5.73. The lowest BCUT2D eigenvalue weighted by atomic mass is 9.98. The Kier molecular flexibility index (Phi) is 5.77. The van der Waals surface area contributed by atoms with Gasteiger partial charge in [0.2, 0.25) is 5.88 Å². The van der Waals surface area contributed by atoms with Crippen LogP contribution in [0.1, 0.15) is 41.4 Å². The third-order valence-corrected chi connectivity index (χ3v) is 7.13. The van der Waals surface area contributed by atoms with E-state index in [1.54, 1.807) is 25.6 Å². The van der Waals surface area contributed by atoms with Gasteiger partial charge in [0.25, 0.3) is 0 Å². The lowest BCUT2D eigenvalue weighted by Crippen LogP contribution is -2.31. The van der Waals surface area contributed by atoms with E-state index in [0.717, 1.165) is 70.6 Å². The first-order valence-corrected chi connectivity index (χ1v) is 12.3. The van der Waals surface area contributed by atoms with E-state index in [2.05, 4.69) is 19.9 Å². The number of methoxy groups -OCH3 is 1. The summed E-state index contributed by atoms with van der Waals surface area (Å²) in [4.78, 5) is 20.0. The van der Waals surface area contributed by atoms with Crippen molar-refractivity contribution in [3.63, 3.8) is 0 Å². The molecular weight excluding hydrogens is 499 g/mol. The van der Waals surface area contributed by atoms with E-state index in [0.29, 0.717) is 23.9 Å². The summed E-state index contributed by atoms with van der Waals surface area (Å²) in [6, 6.07) is 7.29. The lowest BCUT2D eigenvalue weighted by molar-refractivity contribution is -0.141.